The molecule has 0 aliphatic heterocycles. The Hall–Kier alpha value is -2.64. The summed E-state index contributed by atoms with van der Waals surface area (Å²) < 4.78 is 5.66. The SMILES string of the molecule is CC(Sc1nc2ccccc2o1)C(=O)Nc1nc(-c2ccccc2)cs1. The van der Waals surface area contributed by atoms with Crippen LogP contribution in [0.25, 0.3) is 22.4 Å². The van der Waals surface area contributed by atoms with Gasteiger partial charge in [0.1, 0.15) is 5.52 Å². The summed E-state index contributed by atoms with van der Waals surface area (Å²) in [5.41, 5.74) is 3.38. The molecule has 0 fully saturated rings. The third-order valence-corrected chi connectivity index (χ3v) is 5.43. The summed E-state index contributed by atoms with van der Waals surface area (Å²) in [5, 5.41) is 5.51. The van der Waals surface area contributed by atoms with Gasteiger partial charge in [0.15, 0.2) is 10.7 Å². The molecule has 130 valence electrons. The van der Waals surface area contributed by atoms with Gasteiger partial charge in [0.2, 0.25) is 5.91 Å². The van der Waals surface area contributed by atoms with E-state index in [1.54, 1.807) is 0 Å². The molecule has 0 aliphatic carbocycles. The van der Waals surface area contributed by atoms with Crippen LogP contribution in [-0.2, 0) is 4.79 Å². The molecule has 2 heterocycles. The number of carbonyl (C=O) groups excluding carboxylic acids is 1. The Bertz CT molecular complexity index is 1010. The number of hydrogen-bond acceptors (Lipinski definition) is 6. The third-order valence-electron chi connectivity index (χ3n) is 3.72. The van der Waals surface area contributed by atoms with Gasteiger partial charge in [-0.2, -0.15) is 0 Å². The summed E-state index contributed by atoms with van der Waals surface area (Å²) in [5.74, 6) is -0.133. The average Bonchev–Trinajstić information content (AvgIpc) is 3.28. The molecule has 1 atom stereocenters. The molecule has 0 saturated carbocycles. The minimum Gasteiger partial charge on any atom is -0.431 e. The summed E-state index contributed by atoms with van der Waals surface area (Å²) in [6.07, 6.45) is 0. The van der Waals surface area contributed by atoms with E-state index in [9.17, 15) is 4.79 Å². The topological polar surface area (TPSA) is 68.0 Å². The van der Waals surface area contributed by atoms with Gasteiger partial charge in [0.25, 0.3) is 5.22 Å². The molecule has 2 aromatic carbocycles. The minimum atomic E-state index is -0.355. The van der Waals surface area contributed by atoms with Crippen molar-refractivity contribution in [2.24, 2.45) is 0 Å². The van der Waals surface area contributed by atoms with Crippen LogP contribution >= 0.6 is 23.1 Å². The Labute approximate surface area is 158 Å². The molecule has 0 bridgehead atoms. The van der Waals surface area contributed by atoms with E-state index in [1.807, 2.05) is 66.9 Å². The number of hydrogen-bond donors (Lipinski definition) is 1. The number of benzene rings is 2. The molecule has 0 spiro atoms. The summed E-state index contributed by atoms with van der Waals surface area (Å²) in [7, 11) is 0. The van der Waals surface area contributed by atoms with Gasteiger partial charge in [-0.05, 0) is 19.1 Å². The third kappa shape index (κ3) is 3.63. The Morgan fingerprint density at radius 1 is 1.12 bits per heavy atom. The first kappa shape index (κ1) is 16.8. The van der Waals surface area contributed by atoms with Crippen molar-refractivity contribution in [1.82, 2.24) is 9.97 Å². The Kier molecular flexibility index (Phi) is 4.73. The number of fused-ring (bicyclic) bond motifs is 1. The number of para-hydroxylation sites is 2. The molecular weight excluding hydrogens is 366 g/mol. The van der Waals surface area contributed by atoms with Crippen molar-refractivity contribution < 1.29 is 9.21 Å². The van der Waals surface area contributed by atoms with E-state index in [0.717, 1.165) is 22.4 Å². The van der Waals surface area contributed by atoms with E-state index in [0.29, 0.717) is 10.4 Å². The van der Waals surface area contributed by atoms with Gasteiger partial charge in [0.05, 0.1) is 10.9 Å². The van der Waals surface area contributed by atoms with Crippen molar-refractivity contribution in [3.05, 3.63) is 60.0 Å². The van der Waals surface area contributed by atoms with Crippen molar-refractivity contribution in [2.45, 2.75) is 17.4 Å². The fraction of sp³-hybridized carbons (Fsp3) is 0.105. The van der Waals surface area contributed by atoms with Gasteiger partial charge >= 0.3 is 0 Å². The molecule has 26 heavy (non-hydrogen) atoms. The van der Waals surface area contributed by atoms with Gasteiger partial charge in [-0.15, -0.1) is 11.3 Å². The lowest BCUT2D eigenvalue weighted by Gasteiger charge is -2.07. The predicted molar refractivity (Wildman–Crippen MR) is 106 cm³/mol. The van der Waals surface area contributed by atoms with Crippen LogP contribution in [0.4, 0.5) is 5.13 Å². The van der Waals surface area contributed by atoms with Crippen molar-refractivity contribution >= 4 is 45.2 Å². The molecule has 4 rings (SSSR count). The maximum Gasteiger partial charge on any atom is 0.257 e. The number of anilines is 1. The lowest BCUT2D eigenvalue weighted by molar-refractivity contribution is -0.115. The number of thiazole rings is 1. The molecule has 1 unspecified atom stereocenters. The second-order valence-electron chi connectivity index (χ2n) is 5.60. The Morgan fingerprint density at radius 3 is 2.69 bits per heavy atom. The number of aromatic nitrogens is 2. The largest absolute Gasteiger partial charge is 0.431 e. The molecule has 7 heteroatoms. The normalized spacial score (nSPS) is 12.2. The molecular formula is C19H15N3O2S2. The standard InChI is InChI=1S/C19H15N3O2S2/c1-12(26-19-21-14-9-5-6-10-16(14)24-19)17(23)22-18-20-15(11-25-18)13-7-3-2-4-8-13/h2-12H,1H3,(H,20,22,23). The highest BCUT2D eigenvalue weighted by atomic mass is 32.2. The van der Waals surface area contributed by atoms with Gasteiger partial charge < -0.3 is 9.73 Å². The van der Waals surface area contributed by atoms with Crippen LogP contribution in [0, 0.1) is 0 Å². The zero-order chi connectivity index (χ0) is 17.9. The molecule has 1 amide bonds. The van der Waals surface area contributed by atoms with Crippen LogP contribution in [0.1, 0.15) is 6.92 Å². The van der Waals surface area contributed by atoms with Crippen LogP contribution in [0.3, 0.4) is 0 Å². The summed E-state index contributed by atoms with van der Waals surface area (Å²) in [4.78, 5) is 21.3. The number of thioether (sulfide) groups is 1. The van der Waals surface area contributed by atoms with E-state index in [4.69, 9.17) is 4.42 Å². The lowest BCUT2D eigenvalue weighted by Crippen LogP contribution is -2.22. The van der Waals surface area contributed by atoms with Crippen molar-refractivity contribution in [1.29, 1.82) is 0 Å². The molecule has 1 N–H and O–H groups in total. The van der Waals surface area contributed by atoms with Crippen molar-refractivity contribution in [3.8, 4) is 11.3 Å². The van der Waals surface area contributed by atoms with E-state index < -0.39 is 0 Å². The monoisotopic (exact) mass is 381 g/mol. The number of rotatable bonds is 5. The fourth-order valence-electron chi connectivity index (χ4n) is 2.39. The van der Waals surface area contributed by atoms with Crippen LogP contribution in [0.15, 0.2) is 69.6 Å². The maximum absolute atomic E-state index is 12.4. The first-order chi connectivity index (χ1) is 12.7. The summed E-state index contributed by atoms with van der Waals surface area (Å²) in [6.45, 7) is 1.82. The molecule has 0 aliphatic rings. The van der Waals surface area contributed by atoms with E-state index in [-0.39, 0.29) is 11.2 Å². The molecule has 4 aromatic rings. The first-order valence-corrected chi connectivity index (χ1v) is 9.79. The van der Waals surface area contributed by atoms with Gasteiger partial charge in [-0.25, -0.2) is 9.97 Å². The van der Waals surface area contributed by atoms with Crippen molar-refractivity contribution in [2.75, 3.05) is 5.32 Å². The summed E-state index contributed by atoms with van der Waals surface area (Å²) >= 11 is 2.70. The second-order valence-corrected chi connectivity index (χ2v) is 7.75. The van der Waals surface area contributed by atoms with Gasteiger partial charge in [-0.1, -0.05) is 54.2 Å². The maximum atomic E-state index is 12.4. The average molecular weight is 381 g/mol. The Morgan fingerprint density at radius 2 is 1.88 bits per heavy atom. The molecule has 0 saturated heterocycles. The lowest BCUT2D eigenvalue weighted by atomic mass is 10.2. The molecule has 5 nitrogen and oxygen atoms in total. The summed E-state index contributed by atoms with van der Waals surface area (Å²) in [6, 6.07) is 17.4. The molecule has 0 radical (unpaired) electrons. The van der Waals surface area contributed by atoms with Crippen molar-refractivity contribution in [3.63, 3.8) is 0 Å². The highest BCUT2D eigenvalue weighted by Gasteiger charge is 2.19. The smallest absolute Gasteiger partial charge is 0.257 e. The van der Waals surface area contributed by atoms with Crippen LogP contribution in [0.2, 0.25) is 0 Å². The highest BCUT2D eigenvalue weighted by molar-refractivity contribution is 8.00. The van der Waals surface area contributed by atoms with E-state index in [2.05, 4.69) is 15.3 Å². The van der Waals surface area contributed by atoms with E-state index >= 15 is 0 Å². The minimum absolute atomic E-state index is 0.133. The van der Waals surface area contributed by atoms with Crippen LogP contribution in [-0.4, -0.2) is 21.1 Å². The van der Waals surface area contributed by atoms with Crippen LogP contribution in [0.5, 0.6) is 0 Å². The number of oxazole rings is 1. The number of amides is 1. The number of nitrogens with one attached hydrogen (secondary N) is 1. The number of nitrogens with zero attached hydrogens (tertiary/aromatic N) is 2. The number of carbonyl (C=O) groups is 1. The quantitative estimate of drug-likeness (QED) is 0.489. The Balaban J connectivity index is 1.42. The van der Waals surface area contributed by atoms with E-state index in [1.165, 1.54) is 23.1 Å². The highest BCUT2D eigenvalue weighted by Crippen LogP contribution is 2.28. The molecule has 2 aromatic heterocycles. The zero-order valence-electron chi connectivity index (χ0n) is 13.9. The predicted octanol–water partition coefficient (Wildman–Crippen LogP) is 5.07. The second kappa shape index (κ2) is 7.31. The van der Waals surface area contributed by atoms with Gasteiger partial charge in [-0.3, -0.25) is 4.79 Å². The zero-order valence-corrected chi connectivity index (χ0v) is 15.5. The first-order valence-electron chi connectivity index (χ1n) is 8.03. The van der Waals surface area contributed by atoms with Crippen LogP contribution < -0.4 is 5.32 Å². The van der Waals surface area contributed by atoms with Gasteiger partial charge in [0, 0.05) is 10.9 Å². The fourth-order valence-corrected chi connectivity index (χ4v) is 3.87.